The second kappa shape index (κ2) is 9.73. The van der Waals surface area contributed by atoms with E-state index in [4.69, 9.17) is 0 Å². The molecule has 28 heavy (non-hydrogen) atoms. The largest absolute Gasteiger partial charge is 0.335 e. The van der Waals surface area contributed by atoms with E-state index < -0.39 is 14.8 Å². The molecule has 1 saturated heterocycles. The zero-order chi connectivity index (χ0) is 20.9. The number of nitro groups is 1. The molecule has 1 unspecified atom stereocenters. The van der Waals surface area contributed by atoms with Crippen LogP contribution in [0.3, 0.4) is 0 Å². The van der Waals surface area contributed by atoms with Crippen molar-refractivity contribution in [3.63, 3.8) is 0 Å². The van der Waals surface area contributed by atoms with E-state index in [9.17, 15) is 23.3 Å². The Morgan fingerprint density at radius 3 is 2.64 bits per heavy atom. The monoisotopic (exact) mass is 428 g/mol. The minimum absolute atomic E-state index is 0.0377. The number of carbonyl (C=O) groups is 1. The molecule has 1 atom stereocenters. The second-order valence-electron chi connectivity index (χ2n) is 7.53. The van der Waals surface area contributed by atoms with E-state index in [0.29, 0.717) is 30.2 Å². The van der Waals surface area contributed by atoms with Crippen LogP contribution in [0, 0.1) is 16.0 Å². The Bertz CT molecular complexity index is 824. The first-order chi connectivity index (χ1) is 13.1. The summed E-state index contributed by atoms with van der Waals surface area (Å²) in [7, 11) is -3.13. The SMILES string of the molecule is CCCN(C(=O)c1ccc(SCCC(C)C)c([N+](=O)[O-])c1)C1CCS(=O)(=O)C1. The summed E-state index contributed by atoms with van der Waals surface area (Å²) in [5.41, 5.74) is 0.160. The normalized spacial score (nSPS) is 18.4. The summed E-state index contributed by atoms with van der Waals surface area (Å²) < 4.78 is 23.6. The number of carbonyl (C=O) groups excluding carboxylic acids is 1. The standard InChI is InChI=1S/C19H28N2O5S2/c1-4-9-20(16-8-11-28(25,26)13-16)19(22)15-5-6-18(17(12-15)21(23)24)27-10-7-14(2)3/h5-6,12,14,16H,4,7-11,13H2,1-3H3. The van der Waals surface area contributed by atoms with Crippen LogP contribution in [0.25, 0.3) is 0 Å². The predicted octanol–water partition coefficient (Wildman–Crippen LogP) is 3.77. The average molecular weight is 429 g/mol. The van der Waals surface area contributed by atoms with Crippen LogP contribution in [-0.2, 0) is 9.84 Å². The van der Waals surface area contributed by atoms with Gasteiger partial charge in [-0.1, -0.05) is 20.8 Å². The van der Waals surface area contributed by atoms with Gasteiger partial charge >= 0.3 is 0 Å². The van der Waals surface area contributed by atoms with Crippen molar-refractivity contribution in [2.45, 2.75) is 51.0 Å². The highest BCUT2D eigenvalue weighted by molar-refractivity contribution is 7.99. The number of rotatable bonds is 9. The summed E-state index contributed by atoms with van der Waals surface area (Å²) in [5.74, 6) is 0.984. The Morgan fingerprint density at radius 2 is 2.11 bits per heavy atom. The van der Waals surface area contributed by atoms with Crippen molar-refractivity contribution >= 4 is 33.2 Å². The molecule has 1 heterocycles. The summed E-state index contributed by atoms with van der Waals surface area (Å²) in [4.78, 5) is 26.2. The molecule has 0 bridgehead atoms. The summed E-state index contributed by atoms with van der Waals surface area (Å²) in [6, 6.07) is 4.20. The first kappa shape index (κ1) is 22.7. The number of benzene rings is 1. The molecule has 0 aliphatic carbocycles. The van der Waals surface area contributed by atoms with Crippen molar-refractivity contribution < 1.29 is 18.1 Å². The van der Waals surface area contributed by atoms with Gasteiger partial charge in [0.2, 0.25) is 0 Å². The summed E-state index contributed by atoms with van der Waals surface area (Å²) in [5, 5.41) is 11.5. The fourth-order valence-corrected chi connectivity index (χ4v) is 6.18. The molecule has 1 aliphatic heterocycles. The molecule has 1 fully saturated rings. The van der Waals surface area contributed by atoms with Gasteiger partial charge < -0.3 is 4.90 Å². The van der Waals surface area contributed by atoms with E-state index in [1.807, 2.05) is 6.92 Å². The van der Waals surface area contributed by atoms with E-state index >= 15 is 0 Å². The van der Waals surface area contributed by atoms with Gasteiger partial charge in [-0.2, -0.15) is 0 Å². The molecule has 1 aromatic carbocycles. The Hall–Kier alpha value is -1.61. The highest BCUT2D eigenvalue weighted by Crippen LogP contribution is 2.32. The molecule has 2 rings (SSSR count). The van der Waals surface area contributed by atoms with Crippen molar-refractivity contribution in [3.05, 3.63) is 33.9 Å². The van der Waals surface area contributed by atoms with Gasteiger partial charge in [-0.3, -0.25) is 14.9 Å². The molecule has 1 aliphatic rings. The van der Waals surface area contributed by atoms with Crippen LogP contribution >= 0.6 is 11.8 Å². The zero-order valence-corrected chi connectivity index (χ0v) is 18.2. The fourth-order valence-electron chi connectivity index (χ4n) is 3.20. The first-order valence-corrected chi connectivity index (χ1v) is 12.4. The van der Waals surface area contributed by atoms with E-state index in [2.05, 4.69) is 13.8 Å². The lowest BCUT2D eigenvalue weighted by Gasteiger charge is -2.28. The van der Waals surface area contributed by atoms with Gasteiger partial charge in [0, 0.05) is 24.2 Å². The Balaban J connectivity index is 2.25. The summed E-state index contributed by atoms with van der Waals surface area (Å²) in [6.07, 6.45) is 2.05. The third-order valence-electron chi connectivity index (χ3n) is 4.73. The minimum Gasteiger partial charge on any atom is -0.335 e. The molecule has 0 spiro atoms. The molecule has 0 N–H and O–H groups in total. The van der Waals surface area contributed by atoms with Crippen molar-refractivity contribution in [3.8, 4) is 0 Å². The Kier molecular flexibility index (Phi) is 7.88. The molecular formula is C19H28N2O5S2. The number of thioether (sulfide) groups is 1. The Morgan fingerprint density at radius 1 is 1.39 bits per heavy atom. The maximum atomic E-state index is 13.0. The van der Waals surface area contributed by atoms with Gasteiger partial charge in [0.05, 0.1) is 21.3 Å². The quantitative estimate of drug-likeness (QED) is 0.337. The van der Waals surface area contributed by atoms with Crippen molar-refractivity contribution in [1.82, 2.24) is 4.90 Å². The molecule has 0 saturated carbocycles. The number of amides is 1. The van der Waals surface area contributed by atoms with E-state index in [1.54, 1.807) is 17.0 Å². The highest BCUT2D eigenvalue weighted by atomic mass is 32.2. The van der Waals surface area contributed by atoms with Crippen LogP contribution in [0.5, 0.6) is 0 Å². The van der Waals surface area contributed by atoms with E-state index in [1.165, 1.54) is 17.8 Å². The molecule has 9 heteroatoms. The maximum absolute atomic E-state index is 13.0. The topological polar surface area (TPSA) is 97.6 Å². The third kappa shape index (κ3) is 5.94. The van der Waals surface area contributed by atoms with Gasteiger partial charge in [-0.15, -0.1) is 11.8 Å². The lowest BCUT2D eigenvalue weighted by molar-refractivity contribution is -0.387. The molecular weight excluding hydrogens is 400 g/mol. The van der Waals surface area contributed by atoms with Crippen LogP contribution in [0.2, 0.25) is 0 Å². The van der Waals surface area contributed by atoms with Crippen molar-refractivity contribution in [2.24, 2.45) is 5.92 Å². The van der Waals surface area contributed by atoms with Gasteiger partial charge in [0.15, 0.2) is 9.84 Å². The number of hydrogen-bond donors (Lipinski definition) is 0. The summed E-state index contributed by atoms with van der Waals surface area (Å²) >= 11 is 1.42. The third-order valence-corrected chi connectivity index (χ3v) is 7.58. The smallest absolute Gasteiger partial charge is 0.283 e. The van der Waals surface area contributed by atoms with E-state index in [-0.39, 0.29) is 34.7 Å². The number of nitrogens with zero attached hydrogens (tertiary/aromatic N) is 2. The second-order valence-corrected chi connectivity index (χ2v) is 10.9. The van der Waals surface area contributed by atoms with Gasteiger partial charge in [0.25, 0.3) is 11.6 Å². The number of hydrogen-bond acceptors (Lipinski definition) is 6. The van der Waals surface area contributed by atoms with E-state index in [0.717, 1.165) is 12.2 Å². The van der Waals surface area contributed by atoms with Crippen LogP contribution < -0.4 is 0 Å². The molecule has 7 nitrogen and oxygen atoms in total. The molecule has 0 radical (unpaired) electrons. The molecule has 1 amide bonds. The van der Waals surface area contributed by atoms with Crippen LogP contribution in [0.15, 0.2) is 23.1 Å². The average Bonchev–Trinajstić information content (AvgIpc) is 2.98. The molecule has 156 valence electrons. The summed E-state index contributed by atoms with van der Waals surface area (Å²) in [6.45, 7) is 6.54. The zero-order valence-electron chi connectivity index (χ0n) is 16.6. The van der Waals surface area contributed by atoms with Crippen molar-refractivity contribution in [2.75, 3.05) is 23.8 Å². The van der Waals surface area contributed by atoms with Gasteiger partial charge in [-0.05, 0) is 43.1 Å². The maximum Gasteiger partial charge on any atom is 0.283 e. The van der Waals surface area contributed by atoms with Gasteiger partial charge in [0.1, 0.15) is 0 Å². The number of sulfone groups is 1. The molecule has 1 aromatic rings. The fraction of sp³-hybridized carbons (Fsp3) is 0.632. The molecule has 0 aromatic heterocycles. The van der Waals surface area contributed by atoms with Crippen molar-refractivity contribution in [1.29, 1.82) is 0 Å². The van der Waals surface area contributed by atoms with Gasteiger partial charge in [-0.25, -0.2) is 8.42 Å². The van der Waals surface area contributed by atoms with Crippen LogP contribution in [0.1, 0.15) is 50.4 Å². The number of nitro benzene ring substituents is 1. The minimum atomic E-state index is -3.13. The lowest BCUT2D eigenvalue weighted by atomic mass is 10.1. The van der Waals surface area contributed by atoms with Crippen LogP contribution in [0.4, 0.5) is 5.69 Å². The first-order valence-electron chi connectivity index (χ1n) is 9.57. The van der Waals surface area contributed by atoms with Crippen LogP contribution in [-0.4, -0.2) is 54.0 Å². The highest BCUT2D eigenvalue weighted by Gasteiger charge is 2.35. The predicted molar refractivity (Wildman–Crippen MR) is 112 cm³/mol. The lowest BCUT2D eigenvalue weighted by Crippen LogP contribution is -2.41. The Labute approximate surface area is 170 Å².